The van der Waals surface area contributed by atoms with Gasteiger partial charge >= 0.3 is 0 Å². The highest BCUT2D eigenvalue weighted by atomic mass is 35.5. The molecule has 0 N–H and O–H groups in total. The first-order valence-corrected chi connectivity index (χ1v) is 7.18. The number of pyridine rings is 1. The zero-order valence-corrected chi connectivity index (χ0v) is 12.0. The lowest BCUT2D eigenvalue weighted by molar-refractivity contribution is 0.109. The van der Waals surface area contributed by atoms with Crippen molar-refractivity contribution < 1.29 is 4.74 Å². The Labute approximate surface area is 126 Å². The van der Waals surface area contributed by atoms with Crippen LogP contribution in [0.3, 0.4) is 0 Å². The van der Waals surface area contributed by atoms with Crippen LogP contribution in [0, 0.1) is 0 Å². The monoisotopic (exact) mass is 297 g/mol. The first kappa shape index (κ1) is 12.7. The van der Waals surface area contributed by atoms with Crippen LogP contribution in [0.1, 0.15) is 11.3 Å². The van der Waals surface area contributed by atoms with Crippen LogP contribution >= 0.6 is 11.6 Å². The zero-order valence-electron chi connectivity index (χ0n) is 11.2. The molecule has 0 unspecified atom stereocenters. The van der Waals surface area contributed by atoms with E-state index in [1.807, 2.05) is 30.3 Å². The van der Waals surface area contributed by atoms with Crippen LogP contribution < -0.4 is 0 Å². The van der Waals surface area contributed by atoms with E-state index in [1.165, 1.54) is 0 Å². The molecule has 0 saturated heterocycles. The van der Waals surface area contributed by atoms with Crippen LogP contribution in [0.15, 0.2) is 36.5 Å². The van der Waals surface area contributed by atoms with Gasteiger partial charge in [-0.05, 0) is 12.1 Å². The summed E-state index contributed by atoms with van der Waals surface area (Å²) in [6.45, 7) is 1.16. The summed E-state index contributed by atoms with van der Waals surface area (Å²) in [5.74, 6) is 0.630. The minimum absolute atomic E-state index is 0.475. The Morgan fingerprint density at radius 2 is 2.00 bits per heavy atom. The van der Waals surface area contributed by atoms with Gasteiger partial charge in [-0.15, -0.1) is 0 Å². The molecule has 1 aromatic carbocycles. The van der Waals surface area contributed by atoms with E-state index in [1.54, 1.807) is 6.20 Å². The van der Waals surface area contributed by atoms with Crippen molar-refractivity contribution in [1.82, 2.24) is 15.0 Å². The Bertz CT molecular complexity index is 830. The third-order valence-corrected chi connectivity index (χ3v) is 3.96. The van der Waals surface area contributed by atoms with Crippen LogP contribution in [0.4, 0.5) is 0 Å². The molecule has 0 aliphatic carbocycles. The Morgan fingerprint density at radius 3 is 2.95 bits per heavy atom. The molecule has 3 aromatic rings. The van der Waals surface area contributed by atoms with Crippen LogP contribution in [-0.2, 0) is 17.8 Å². The van der Waals surface area contributed by atoms with Gasteiger partial charge in [0.05, 0.1) is 24.4 Å². The fourth-order valence-electron chi connectivity index (χ4n) is 2.60. The fraction of sp³-hybridized carbons (Fsp3) is 0.188. The Balaban J connectivity index is 1.95. The second-order valence-electron chi connectivity index (χ2n) is 4.95. The second kappa shape index (κ2) is 5.06. The van der Waals surface area contributed by atoms with Crippen molar-refractivity contribution in [3.63, 3.8) is 0 Å². The number of benzene rings is 1. The fourth-order valence-corrected chi connectivity index (χ4v) is 2.84. The Kier molecular flexibility index (Phi) is 3.05. The van der Waals surface area contributed by atoms with Crippen molar-refractivity contribution in [3.8, 4) is 11.4 Å². The molecule has 4 nitrogen and oxygen atoms in total. The highest BCUT2D eigenvalue weighted by Crippen LogP contribution is 2.29. The van der Waals surface area contributed by atoms with Crippen molar-refractivity contribution in [3.05, 3.63) is 52.9 Å². The van der Waals surface area contributed by atoms with Gasteiger partial charge in [0.1, 0.15) is 5.15 Å². The third-order valence-electron chi connectivity index (χ3n) is 3.65. The molecular weight excluding hydrogens is 286 g/mol. The molecule has 2 aromatic heterocycles. The van der Waals surface area contributed by atoms with E-state index in [9.17, 15) is 0 Å². The topological polar surface area (TPSA) is 47.9 Å². The quantitative estimate of drug-likeness (QED) is 0.646. The van der Waals surface area contributed by atoms with E-state index in [0.717, 1.165) is 34.1 Å². The first-order valence-electron chi connectivity index (χ1n) is 6.80. The average molecular weight is 298 g/mol. The molecule has 0 bridgehead atoms. The number of hydrogen-bond donors (Lipinski definition) is 0. The molecule has 21 heavy (non-hydrogen) atoms. The molecule has 0 saturated carbocycles. The van der Waals surface area contributed by atoms with Crippen LogP contribution in [-0.4, -0.2) is 21.6 Å². The predicted molar refractivity (Wildman–Crippen MR) is 81.1 cm³/mol. The van der Waals surface area contributed by atoms with Crippen molar-refractivity contribution in [2.24, 2.45) is 0 Å². The summed E-state index contributed by atoms with van der Waals surface area (Å²) < 4.78 is 5.42. The number of rotatable bonds is 1. The van der Waals surface area contributed by atoms with Crippen molar-refractivity contribution in [1.29, 1.82) is 0 Å². The van der Waals surface area contributed by atoms with Gasteiger partial charge in [0, 0.05) is 29.1 Å². The number of ether oxygens (including phenoxy) is 1. The van der Waals surface area contributed by atoms with Crippen LogP contribution in [0.2, 0.25) is 5.15 Å². The smallest absolute Gasteiger partial charge is 0.163 e. The number of nitrogens with zero attached hydrogens (tertiary/aromatic N) is 3. The maximum Gasteiger partial charge on any atom is 0.163 e. The van der Waals surface area contributed by atoms with Crippen LogP contribution in [0.5, 0.6) is 0 Å². The molecule has 0 fully saturated rings. The first-order chi connectivity index (χ1) is 10.3. The highest BCUT2D eigenvalue weighted by Gasteiger charge is 2.18. The molecule has 0 atom stereocenters. The van der Waals surface area contributed by atoms with E-state index < -0.39 is 0 Å². The normalized spacial score (nSPS) is 14.1. The molecular formula is C16H12ClN3O. The number of hydrogen-bond acceptors (Lipinski definition) is 4. The van der Waals surface area contributed by atoms with E-state index in [4.69, 9.17) is 16.3 Å². The third kappa shape index (κ3) is 2.17. The summed E-state index contributed by atoms with van der Waals surface area (Å²) in [6.07, 6.45) is 2.54. The SMILES string of the molecule is Clc1nc(-c2cccc3cccnc23)nc2c1COCC2. The number of fused-ring (bicyclic) bond motifs is 2. The molecule has 5 heteroatoms. The maximum atomic E-state index is 6.30. The predicted octanol–water partition coefficient (Wildman–Crippen LogP) is 3.42. The zero-order chi connectivity index (χ0) is 14.2. The van der Waals surface area contributed by atoms with Crippen molar-refractivity contribution in [2.45, 2.75) is 13.0 Å². The van der Waals surface area contributed by atoms with E-state index in [0.29, 0.717) is 24.2 Å². The lowest BCUT2D eigenvalue weighted by Crippen LogP contribution is -2.14. The summed E-state index contributed by atoms with van der Waals surface area (Å²) in [7, 11) is 0. The van der Waals surface area contributed by atoms with E-state index in [-0.39, 0.29) is 0 Å². The standard InChI is InChI=1S/C16H12ClN3O/c17-15-12-9-21-8-6-13(12)19-16(20-15)11-5-1-3-10-4-2-7-18-14(10)11/h1-5,7H,6,8-9H2. The summed E-state index contributed by atoms with van der Waals surface area (Å²) >= 11 is 6.30. The number of aromatic nitrogens is 3. The van der Waals surface area contributed by atoms with Gasteiger partial charge in [-0.2, -0.15) is 0 Å². The molecule has 104 valence electrons. The maximum absolute atomic E-state index is 6.30. The van der Waals surface area contributed by atoms with Gasteiger partial charge in [-0.1, -0.05) is 29.8 Å². The van der Waals surface area contributed by atoms with E-state index in [2.05, 4.69) is 15.0 Å². The Morgan fingerprint density at radius 1 is 1.10 bits per heavy atom. The summed E-state index contributed by atoms with van der Waals surface area (Å²) in [5.41, 5.74) is 3.68. The van der Waals surface area contributed by atoms with Crippen molar-refractivity contribution >= 4 is 22.5 Å². The number of halogens is 1. The molecule has 1 aliphatic rings. The average Bonchev–Trinajstić information content (AvgIpc) is 2.54. The molecule has 0 amide bonds. The van der Waals surface area contributed by atoms with Crippen molar-refractivity contribution in [2.75, 3.05) is 6.61 Å². The van der Waals surface area contributed by atoms with Gasteiger partial charge in [-0.3, -0.25) is 4.98 Å². The lowest BCUT2D eigenvalue weighted by Gasteiger charge is -2.17. The summed E-state index contributed by atoms with van der Waals surface area (Å²) in [4.78, 5) is 13.6. The van der Waals surface area contributed by atoms with Gasteiger partial charge in [-0.25, -0.2) is 9.97 Å². The van der Waals surface area contributed by atoms with Gasteiger partial charge in [0.2, 0.25) is 0 Å². The summed E-state index contributed by atoms with van der Waals surface area (Å²) in [5, 5.41) is 1.54. The molecule has 0 spiro atoms. The number of para-hydroxylation sites is 1. The molecule has 4 rings (SSSR count). The molecule has 1 aliphatic heterocycles. The minimum Gasteiger partial charge on any atom is -0.376 e. The lowest BCUT2D eigenvalue weighted by atomic mass is 10.1. The van der Waals surface area contributed by atoms with E-state index >= 15 is 0 Å². The van der Waals surface area contributed by atoms with Crippen LogP contribution in [0.25, 0.3) is 22.3 Å². The highest BCUT2D eigenvalue weighted by molar-refractivity contribution is 6.30. The Hall–Kier alpha value is -2.04. The van der Waals surface area contributed by atoms with Gasteiger partial charge in [0.25, 0.3) is 0 Å². The van der Waals surface area contributed by atoms with Gasteiger partial charge in [0.15, 0.2) is 5.82 Å². The van der Waals surface area contributed by atoms with Gasteiger partial charge < -0.3 is 4.74 Å². The second-order valence-corrected chi connectivity index (χ2v) is 5.30. The summed E-state index contributed by atoms with van der Waals surface area (Å²) in [6, 6.07) is 9.94. The molecule has 3 heterocycles. The minimum atomic E-state index is 0.475. The largest absolute Gasteiger partial charge is 0.376 e. The molecule has 0 radical (unpaired) electrons.